The molecule has 146 valence electrons. The van der Waals surface area contributed by atoms with Crippen LogP contribution in [0.15, 0.2) is 54.6 Å². The maximum Gasteiger partial charge on any atom is 0.226 e. The zero-order chi connectivity index (χ0) is 19.7. The standard InChI is InChI=1S/C23H26N2O3/c1-15(27)24-13-20-22(21(14-26)25(20)23(28)19-11-12-19)18-9-7-17(8-10-18)16-5-3-2-4-6-16/h2-10,19-22,26H,11-14H2,1H3,(H,24,27)/t20-,21+,22+/m0/s1. The van der Waals surface area contributed by atoms with Gasteiger partial charge in [-0.1, -0.05) is 54.6 Å². The molecule has 0 bridgehead atoms. The molecule has 0 unspecified atom stereocenters. The van der Waals surface area contributed by atoms with Gasteiger partial charge in [-0.3, -0.25) is 9.59 Å². The van der Waals surface area contributed by atoms with Crippen molar-refractivity contribution in [1.82, 2.24) is 10.2 Å². The molecule has 0 aromatic heterocycles. The Morgan fingerprint density at radius 1 is 1.00 bits per heavy atom. The first-order chi connectivity index (χ1) is 13.6. The second kappa shape index (κ2) is 7.76. The van der Waals surface area contributed by atoms with Gasteiger partial charge in [0.25, 0.3) is 0 Å². The lowest BCUT2D eigenvalue weighted by Crippen LogP contribution is -2.68. The molecule has 0 spiro atoms. The predicted molar refractivity (Wildman–Crippen MR) is 108 cm³/mol. The summed E-state index contributed by atoms with van der Waals surface area (Å²) in [5, 5.41) is 12.8. The molecule has 1 saturated heterocycles. The molecule has 2 amide bonds. The number of carbonyl (C=O) groups is 2. The first-order valence-corrected chi connectivity index (χ1v) is 9.93. The van der Waals surface area contributed by atoms with Gasteiger partial charge in [-0.05, 0) is 29.5 Å². The molecule has 1 heterocycles. The SMILES string of the molecule is CC(=O)NC[C@H]1[C@@H](c2ccc(-c3ccccc3)cc2)[C@@H](CO)N1C(=O)C1CC1. The molecule has 0 radical (unpaired) electrons. The van der Waals surface area contributed by atoms with Gasteiger partial charge in [0.2, 0.25) is 11.8 Å². The Kier molecular flexibility index (Phi) is 5.18. The lowest BCUT2D eigenvalue weighted by molar-refractivity contribution is -0.152. The van der Waals surface area contributed by atoms with E-state index >= 15 is 0 Å². The Bertz CT molecular complexity index is 846. The van der Waals surface area contributed by atoms with Crippen LogP contribution in [0.5, 0.6) is 0 Å². The molecule has 4 rings (SSSR count). The highest BCUT2D eigenvalue weighted by molar-refractivity contribution is 5.83. The summed E-state index contributed by atoms with van der Waals surface area (Å²) in [6.45, 7) is 1.83. The summed E-state index contributed by atoms with van der Waals surface area (Å²) in [7, 11) is 0. The minimum atomic E-state index is -0.227. The third-order valence-corrected chi connectivity index (χ3v) is 5.87. The topological polar surface area (TPSA) is 69.6 Å². The predicted octanol–water partition coefficient (Wildman–Crippen LogP) is 2.56. The van der Waals surface area contributed by atoms with E-state index in [0.717, 1.165) is 29.5 Å². The van der Waals surface area contributed by atoms with Crippen molar-refractivity contribution in [1.29, 1.82) is 0 Å². The van der Waals surface area contributed by atoms with Gasteiger partial charge in [-0.15, -0.1) is 0 Å². The maximum atomic E-state index is 12.7. The van der Waals surface area contributed by atoms with Crippen molar-refractivity contribution in [3.63, 3.8) is 0 Å². The fourth-order valence-electron chi connectivity index (χ4n) is 4.26. The number of aliphatic hydroxyl groups is 1. The fraction of sp³-hybridized carbons (Fsp3) is 0.391. The summed E-state index contributed by atoms with van der Waals surface area (Å²) >= 11 is 0. The van der Waals surface area contributed by atoms with Gasteiger partial charge in [0.15, 0.2) is 0 Å². The number of carbonyl (C=O) groups excluding carboxylic acids is 2. The summed E-state index contributed by atoms with van der Waals surface area (Å²) in [6, 6.07) is 18.2. The quantitative estimate of drug-likeness (QED) is 0.812. The average Bonchev–Trinajstić information content (AvgIpc) is 3.54. The van der Waals surface area contributed by atoms with E-state index in [-0.39, 0.29) is 42.3 Å². The highest BCUT2D eigenvalue weighted by atomic mass is 16.3. The van der Waals surface area contributed by atoms with E-state index in [1.54, 1.807) is 0 Å². The van der Waals surface area contributed by atoms with Crippen LogP contribution < -0.4 is 5.32 Å². The molecule has 1 aliphatic carbocycles. The van der Waals surface area contributed by atoms with E-state index in [2.05, 4.69) is 41.7 Å². The van der Waals surface area contributed by atoms with E-state index in [1.165, 1.54) is 6.92 Å². The number of hydrogen-bond acceptors (Lipinski definition) is 3. The molecule has 2 aliphatic rings. The monoisotopic (exact) mass is 378 g/mol. The largest absolute Gasteiger partial charge is 0.394 e. The van der Waals surface area contributed by atoms with E-state index in [0.29, 0.717) is 6.54 Å². The summed E-state index contributed by atoms with van der Waals surface area (Å²) in [5.41, 5.74) is 3.38. The third-order valence-electron chi connectivity index (χ3n) is 5.87. The minimum absolute atomic E-state index is 0.0179. The Hall–Kier alpha value is -2.66. The Morgan fingerprint density at radius 2 is 1.64 bits per heavy atom. The summed E-state index contributed by atoms with van der Waals surface area (Å²) < 4.78 is 0. The van der Waals surface area contributed by atoms with Crippen LogP contribution in [0.2, 0.25) is 0 Å². The van der Waals surface area contributed by atoms with Crippen molar-refractivity contribution < 1.29 is 14.7 Å². The lowest BCUT2D eigenvalue weighted by Gasteiger charge is -2.55. The number of likely N-dealkylation sites (tertiary alicyclic amines) is 1. The Labute approximate surface area is 165 Å². The number of rotatable bonds is 6. The summed E-state index contributed by atoms with van der Waals surface area (Å²) in [5.74, 6) is 0.121. The van der Waals surface area contributed by atoms with Crippen molar-refractivity contribution in [2.45, 2.75) is 37.8 Å². The summed E-state index contributed by atoms with van der Waals surface area (Å²) in [4.78, 5) is 26.0. The number of benzene rings is 2. The number of nitrogens with one attached hydrogen (secondary N) is 1. The average molecular weight is 378 g/mol. The van der Waals surface area contributed by atoms with E-state index in [4.69, 9.17) is 0 Å². The van der Waals surface area contributed by atoms with Crippen molar-refractivity contribution >= 4 is 11.8 Å². The smallest absolute Gasteiger partial charge is 0.226 e. The van der Waals surface area contributed by atoms with Crippen LogP contribution in [0.3, 0.4) is 0 Å². The van der Waals surface area contributed by atoms with Gasteiger partial charge in [0.05, 0.1) is 18.7 Å². The molecule has 2 aromatic rings. The molecule has 1 aliphatic heterocycles. The zero-order valence-corrected chi connectivity index (χ0v) is 16.0. The third kappa shape index (κ3) is 3.54. The van der Waals surface area contributed by atoms with Gasteiger partial charge >= 0.3 is 0 Å². The molecule has 5 nitrogen and oxygen atoms in total. The number of hydrogen-bond donors (Lipinski definition) is 2. The molecular weight excluding hydrogens is 352 g/mol. The van der Waals surface area contributed by atoms with Crippen molar-refractivity contribution in [2.75, 3.05) is 13.2 Å². The molecular formula is C23H26N2O3. The summed E-state index contributed by atoms with van der Waals surface area (Å²) in [6.07, 6.45) is 1.85. The molecule has 28 heavy (non-hydrogen) atoms. The highest BCUT2D eigenvalue weighted by Gasteiger charge is 2.53. The van der Waals surface area contributed by atoms with E-state index in [1.807, 2.05) is 23.1 Å². The van der Waals surface area contributed by atoms with Crippen LogP contribution in [0, 0.1) is 5.92 Å². The van der Waals surface area contributed by atoms with Crippen LogP contribution in [-0.4, -0.2) is 47.1 Å². The van der Waals surface area contributed by atoms with Gasteiger partial charge in [-0.25, -0.2) is 0 Å². The van der Waals surface area contributed by atoms with Gasteiger partial charge in [0, 0.05) is 25.3 Å². The van der Waals surface area contributed by atoms with Crippen molar-refractivity contribution in [3.05, 3.63) is 60.2 Å². The van der Waals surface area contributed by atoms with Gasteiger partial charge < -0.3 is 15.3 Å². The van der Waals surface area contributed by atoms with Crippen LogP contribution in [0.1, 0.15) is 31.2 Å². The normalized spacial score (nSPS) is 23.8. The Balaban J connectivity index is 1.58. The second-order valence-corrected chi connectivity index (χ2v) is 7.79. The first kappa shape index (κ1) is 18.7. The minimum Gasteiger partial charge on any atom is -0.394 e. The molecule has 5 heteroatoms. The molecule has 3 atom stereocenters. The van der Waals surface area contributed by atoms with Crippen molar-refractivity contribution in [2.24, 2.45) is 5.92 Å². The van der Waals surface area contributed by atoms with Crippen LogP contribution in [0.25, 0.3) is 11.1 Å². The molecule has 2 fully saturated rings. The van der Waals surface area contributed by atoms with Crippen molar-refractivity contribution in [3.8, 4) is 11.1 Å². The number of amides is 2. The van der Waals surface area contributed by atoms with Crippen LogP contribution >= 0.6 is 0 Å². The fourth-order valence-corrected chi connectivity index (χ4v) is 4.26. The Morgan fingerprint density at radius 3 is 2.21 bits per heavy atom. The molecule has 1 saturated carbocycles. The number of aliphatic hydroxyl groups excluding tert-OH is 1. The maximum absolute atomic E-state index is 12.7. The lowest BCUT2D eigenvalue weighted by atomic mass is 9.74. The first-order valence-electron chi connectivity index (χ1n) is 9.93. The zero-order valence-electron chi connectivity index (χ0n) is 16.0. The van der Waals surface area contributed by atoms with E-state index in [9.17, 15) is 14.7 Å². The van der Waals surface area contributed by atoms with Crippen LogP contribution in [-0.2, 0) is 9.59 Å². The van der Waals surface area contributed by atoms with Crippen LogP contribution in [0.4, 0.5) is 0 Å². The second-order valence-electron chi connectivity index (χ2n) is 7.79. The van der Waals surface area contributed by atoms with Gasteiger partial charge in [-0.2, -0.15) is 0 Å². The number of nitrogens with zero attached hydrogens (tertiary/aromatic N) is 1. The van der Waals surface area contributed by atoms with Gasteiger partial charge in [0.1, 0.15) is 0 Å². The van der Waals surface area contributed by atoms with E-state index < -0.39 is 0 Å². The molecule has 2 N–H and O–H groups in total. The molecule has 2 aromatic carbocycles. The highest BCUT2D eigenvalue weighted by Crippen LogP contribution is 2.44.